The zero-order valence-electron chi connectivity index (χ0n) is 19.7. The van der Waals surface area contributed by atoms with Crippen LogP contribution in [-0.2, 0) is 4.74 Å². The number of aromatic nitrogens is 4. The van der Waals surface area contributed by atoms with Crippen LogP contribution in [0.5, 0.6) is 5.75 Å². The third kappa shape index (κ3) is 4.77. The van der Waals surface area contributed by atoms with E-state index in [-0.39, 0.29) is 36.2 Å². The fraction of sp³-hybridized carbons (Fsp3) is 0.435. The van der Waals surface area contributed by atoms with Gasteiger partial charge in [-0.2, -0.15) is 15.0 Å². The lowest BCUT2D eigenvalue weighted by Gasteiger charge is -2.20. The Morgan fingerprint density at radius 2 is 2.00 bits per heavy atom. The number of hydrogen-bond acceptors (Lipinski definition) is 8. The summed E-state index contributed by atoms with van der Waals surface area (Å²) in [4.78, 5) is 42.5. The van der Waals surface area contributed by atoms with E-state index in [0.29, 0.717) is 34.1 Å². The molecule has 10 nitrogen and oxygen atoms in total. The van der Waals surface area contributed by atoms with Crippen LogP contribution in [0.3, 0.4) is 0 Å². The van der Waals surface area contributed by atoms with E-state index in [1.54, 1.807) is 25.1 Å². The fourth-order valence-corrected chi connectivity index (χ4v) is 4.02. The maximum atomic E-state index is 12.9. The Bertz CT molecular complexity index is 1290. The Morgan fingerprint density at radius 3 is 2.71 bits per heavy atom. The Morgan fingerprint density at radius 1 is 1.24 bits per heavy atom. The molecule has 1 saturated heterocycles. The Kier molecular flexibility index (Phi) is 6.60. The maximum Gasteiger partial charge on any atom is 0.417 e. The second-order valence-corrected chi connectivity index (χ2v) is 8.88. The number of benzene rings is 1. The maximum absolute atomic E-state index is 12.9. The van der Waals surface area contributed by atoms with Crippen LogP contribution in [0.1, 0.15) is 51.5 Å². The molecule has 1 fully saturated rings. The van der Waals surface area contributed by atoms with E-state index in [9.17, 15) is 9.59 Å². The highest BCUT2D eigenvalue weighted by Crippen LogP contribution is 2.31. The van der Waals surface area contributed by atoms with Gasteiger partial charge in [0.1, 0.15) is 18.2 Å². The molecule has 1 unspecified atom stereocenters. The summed E-state index contributed by atoms with van der Waals surface area (Å²) in [5.41, 5.74) is 0.843. The zero-order valence-corrected chi connectivity index (χ0v) is 20.4. The SMILES string of the molecule is CCC1COC(=O)N1c1nc(C)nc(N[C@@H](C)c2cc3cc(Cl)c(OC(C)C)cc3[nH]c2=O)n1. The van der Waals surface area contributed by atoms with Crippen LogP contribution in [0.15, 0.2) is 23.0 Å². The zero-order chi connectivity index (χ0) is 24.6. The lowest BCUT2D eigenvalue weighted by atomic mass is 10.1. The molecule has 1 aliphatic rings. The molecular weight excluding hydrogens is 460 g/mol. The molecule has 1 aliphatic heterocycles. The number of aromatic amines is 1. The smallest absolute Gasteiger partial charge is 0.417 e. The van der Waals surface area contributed by atoms with Gasteiger partial charge in [0.15, 0.2) is 0 Å². The number of rotatable bonds is 7. The van der Waals surface area contributed by atoms with Gasteiger partial charge < -0.3 is 19.8 Å². The van der Waals surface area contributed by atoms with Crippen LogP contribution in [0.2, 0.25) is 5.02 Å². The van der Waals surface area contributed by atoms with Crippen molar-refractivity contribution in [1.82, 2.24) is 19.9 Å². The first-order chi connectivity index (χ1) is 16.2. The molecule has 0 saturated carbocycles. The summed E-state index contributed by atoms with van der Waals surface area (Å²) in [7, 11) is 0. The summed E-state index contributed by atoms with van der Waals surface area (Å²) in [6.07, 6.45) is 0.170. The van der Waals surface area contributed by atoms with Crippen molar-refractivity contribution >= 4 is 40.5 Å². The largest absolute Gasteiger partial charge is 0.489 e. The first kappa shape index (κ1) is 23.7. The molecule has 3 heterocycles. The molecule has 0 radical (unpaired) electrons. The second kappa shape index (κ2) is 9.46. The van der Waals surface area contributed by atoms with Crippen molar-refractivity contribution in [2.24, 2.45) is 0 Å². The number of hydrogen-bond donors (Lipinski definition) is 2. The van der Waals surface area contributed by atoms with Gasteiger partial charge in [-0.3, -0.25) is 4.79 Å². The Balaban J connectivity index is 1.63. The van der Waals surface area contributed by atoms with Crippen molar-refractivity contribution < 1.29 is 14.3 Å². The highest BCUT2D eigenvalue weighted by atomic mass is 35.5. The van der Waals surface area contributed by atoms with Gasteiger partial charge in [-0.1, -0.05) is 18.5 Å². The summed E-state index contributed by atoms with van der Waals surface area (Å²) in [5, 5.41) is 4.37. The quantitative estimate of drug-likeness (QED) is 0.504. The van der Waals surface area contributed by atoms with E-state index >= 15 is 0 Å². The first-order valence-electron chi connectivity index (χ1n) is 11.1. The van der Waals surface area contributed by atoms with Crippen LogP contribution < -0.4 is 20.5 Å². The molecule has 1 aromatic carbocycles. The minimum Gasteiger partial charge on any atom is -0.489 e. The van der Waals surface area contributed by atoms with Gasteiger partial charge in [0, 0.05) is 17.0 Å². The molecule has 2 atom stereocenters. The van der Waals surface area contributed by atoms with Crippen LogP contribution in [0, 0.1) is 6.92 Å². The number of carbonyl (C=O) groups excluding carboxylic acids is 1. The summed E-state index contributed by atoms with van der Waals surface area (Å²) in [5.74, 6) is 1.42. The predicted molar refractivity (Wildman–Crippen MR) is 130 cm³/mol. The number of pyridine rings is 1. The normalized spacial score (nSPS) is 16.7. The van der Waals surface area contributed by atoms with Crippen molar-refractivity contribution in [3.8, 4) is 5.75 Å². The van der Waals surface area contributed by atoms with Gasteiger partial charge in [0.25, 0.3) is 5.56 Å². The monoisotopic (exact) mass is 486 g/mol. The number of fused-ring (bicyclic) bond motifs is 1. The summed E-state index contributed by atoms with van der Waals surface area (Å²) < 4.78 is 10.9. The highest BCUT2D eigenvalue weighted by Gasteiger charge is 2.35. The van der Waals surface area contributed by atoms with Crippen LogP contribution >= 0.6 is 11.6 Å². The minimum absolute atomic E-state index is 0.0473. The summed E-state index contributed by atoms with van der Waals surface area (Å²) in [6, 6.07) is 4.67. The van der Waals surface area contributed by atoms with Crippen molar-refractivity contribution in [3.63, 3.8) is 0 Å². The van der Waals surface area contributed by atoms with Gasteiger partial charge in [-0.25, -0.2) is 9.69 Å². The van der Waals surface area contributed by atoms with Gasteiger partial charge in [0.2, 0.25) is 11.9 Å². The van der Waals surface area contributed by atoms with E-state index in [4.69, 9.17) is 21.1 Å². The number of carbonyl (C=O) groups is 1. The van der Waals surface area contributed by atoms with Crippen molar-refractivity contribution in [2.45, 2.75) is 59.2 Å². The fourth-order valence-electron chi connectivity index (χ4n) is 3.81. The summed E-state index contributed by atoms with van der Waals surface area (Å²) >= 11 is 6.38. The van der Waals surface area contributed by atoms with Gasteiger partial charge in [-0.05, 0) is 46.2 Å². The number of anilines is 2. The van der Waals surface area contributed by atoms with Crippen molar-refractivity contribution in [1.29, 1.82) is 0 Å². The number of cyclic esters (lactones) is 1. The molecule has 3 aromatic rings. The second-order valence-electron chi connectivity index (χ2n) is 8.47. The first-order valence-corrected chi connectivity index (χ1v) is 11.5. The Hall–Kier alpha value is -3.40. The molecule has 2 aromatic heterocycles. The molecule has 2 N–H and O–H groups in total. The molecular formula is C23H27ClN6O4. The number of nitrogens with one attached hydrogen (secondary N) is 2. The van der Waals surface area contributed by atoms with Crippen molar-refractivity contribution in [2.75, 3.05) is 16.8 Å². The van der Waals surface area contributed by atoms with Gasteiger partial charge >= 0.3 is 6.09 Å². The van der Waals surface area contributed by atoms with Crippen LogP contribution in [0.4, 0.5) is 16.7 Å². The topological polar surface area (TPSA) is 122 Å². The summed E-state index contributed by atoms with van der Waals surface area (Å²) in [6.45, 7) is 9.60. The average Bonchev–Trinajstić information content (AvgIpc) is 3.14. The van der Waals surface area contributed by atoms with Crippen LogP contribution in [-0.4, -0.2) is 44.8 Å². The van der Waals surface area contributed by atoms with E-state index in [0.717, 1.165) is 5.39 Å². The molecule has 0 aliphatic carbocycles. The molecule has 4 rings (SSSR count). The third-order valence-electron chi connectivity index (χ3n) is 5.48. The van der Waals surface area contributed by atoms with E-state index in [1.165, 1.54) is 4.90 Å². The molecule has 11 heteroatoms. The third-order valence-corrected chi connectivity index (χ3v) is 5.78. The molecule has 180 valence electrons. The molecule has 0 spiro atoms. The average molecular weight is 487 g/mol. The Labute approximate surface area is 201 Å². The van der Waals surface area contributed by atoms with Crippen molar-refractivity contribution in [3.05, 3.63) is 45.0 Å². The number of halogens is 1. The lowest BCUT2D eigenvalue weighted by molar-refractivity contribution is 0.178. The van der Waals surface area contributed by atoms with E-state index in [2.05, 4.69) is 25.3 Å². The number of H-pyrrole nitrogens is 1. The number of ether oxygens (including phenoxy) is 2. The molecule has 1 amide bonds. The van der Waals surface area contributed by atoms with E-state index < -0.39 is 12.1 Å². The van der Waals surface area contributed by atoms with Crippen LogP contribution in [0.25, 0.3) is 10.9 Å². The van der Waals surface area contributed by atoms with Gasteiger partial charge in [0.05, 0.1) is 28.7 Å². The predicted octanol–water partition coefficient (Wildman–Crippen LogP) is 4.37. The number of nitrogens with zero attached hydrogens (tertiary/aromatic N) is 4. The van der Waals surface area contributed by atoms with Gasteiger partial charge in [-0.15, -0.1) is 0 Å². The highest BCUT2D eigenvalue weighted by molar-refractivity contribution is 6.32. The van der Waals surface area contributed by atoms with E-state index in [1.807, 2.05) is 27.7 Å². The number of aryl methyl sites for hydroxylation is 1. The molecule has 34 heavy (non-hydrogen) atoms. The number of amides is 1. The lowest BCUT2D eigenvalue weighted by Crippen LogP contribution is -2.35. The minimum atomic E-state index is -0.486. The standard InChI is InChI=1S/C23H27ClN6O4/c1-6-15-10-33-23(32)30(15)22-27-13(5)26-21(29-22)25-12(4)16-7-14-8-17(24)19(34-11(2)3)9-18(14)28-20(16)31/h7-9,11-12,15H,6,10H2,1-5H3,(H,28,31)(H,25,26,27,29)/t12-,15?/m0/s1. The molecule has 0 bridgehead atoms.